The molecule has 0 bridgehead atoms. The van der Waals surface area contributed by atoms with E-state index < -0.39 is 10.0 Å². The van der Waals surface area contributed by atoms with E-state index in [2.05, 4.69) is 25.3 Å². The molecule has 2 aromatic rings. The molecule has 0 saturated carbocycles. The quantitative estimate of drug-likeness (QED) is 0.883. The summed E-state index contributed by atoms with van der Waals surface area (Å²) < 4.78 is 24.9. The van der Waals surface area contributed by atoms with Gasteiger partial charge in [0.15, 0.2) is 0 Å². The minimum Gasteiger partial charge on any atom is -0.309 e. The van der Waals surface area contributed by atoms with Gasteiger partial charge in [0, 0.05) is 42.2 Å². The van der Waals surface area contributed by atoms with Gasteiger partial charge in [-0.1, -0.05) is 0 Å². The van der Waals surface area contributed by atoms with E-state index in [-0.39, 0.29) is 5.92 Å². The molecule has 1 saturated heterocycles. The van der Waals surface area contributed by atoms with Crippen LogP contribution in [0.4, 0.5) is 11.8 Å². The smallest absolute Gasteiger partial charge is 0.228 e. The molecule has 0 aromatic carbocycles. The third kappa shape index (κ3) is 4.29. The maximum Gasteiger partial charge on any atom is 0.228 e. The van der Waals surface area contributed by atoms with Gasteiger partial charge in [-0.05, 0) is 33.3 Å². The first-order valence-corrected chi connectivity index (χ1v) is 9.95. The summed E-state index contributed by atoms with van der Waals surface area (Å²) in [7, 11) is -3.18. The number of aryl methyl sites for hydroxylation is 3. The van der Waals surface area contributed by atoms with E-state index in [1.807, 2.05) is 32.9 Å². The van der Waals surface area contributed by atoms with E-state index in [4.69, 9.17) is 0 Å². The molecular formula is C16H22N6O2S. The molecule has 0 spiro atoms. The monoisotopic (exact) mass is 362 g/mol. The molecule has 1 aliphatic heterocycles. The van der Waals surface area contributed by atoms with Gasteiger partial charge in [-0.25, -0.2) is 32.7 Å². The van der Waals surface area contributed by atoms with Crippen molar-refractivity contribution in [2.75, 3.05) is 24.7 Å². The van der Waals surface area contributed by atoms with Gasteiger partial charge in [0.1, 0.15) is 11.6 Å². The van der Waals surface area contributed by atoms with Crippen LogP contribution in [0, 0.1) is 20.8 Å². The Bertz CT molecular complexity index is 879. The molecule has 0 amide bonds. The zero-order valence-electron chi connectivity index (χ0n) is 14.8. The fourth-order valence-corrected chi connectivity index (χ4v) is 3.86. The van der Waals surface area contributed by atoms with E-state index in [0.29, 0.717) is 30.7 Å². The normalized spacial score (nSPS) is 18.5. The number of anilines is 2. The Morgan fingerprint density at radius 3 is 2.28 bits per heavy atom. The minimum atomic E-state index is -3.18. The zero-order valence-corrected chi connectivity index (χ0v) is 15.6. The number of nitrogens with zero attached hydrogens (tertiary/aromatic N) is 5. The predicted octanol–water partition coefficient (Wildman–Crippen LogP) is 1.68. The highest BCUT2D eigenvalue weighted by Crippen LogP contribution is 2.27. The number of hydrogen-bond donors (Lipinski definition) is 1. The van der Waals surface area contributed by atoms with E-state index >= 15 is 0 Å². The maximum absolute atomic E-state index is 11.7. The molecule has 1 atom stereocenters. The van der Waals surface area contributed by atoms with Crippen LogP contribution in [0.1, 0.15) is 35.2 Å². The summed E-state index contributed by atoms with van der Waals surface area (Å²) >= 11 is 0. The van der Waals surface area contributed by atoms with Crippen LogP contribution >= 0.6 is 0 Å². The molecule has 2 aromatic heterocycles. The summed E-state index contributed by atoms with van der Waals surface area (Å²) in [6, 6.07) is 3.73. The van der Waals surface area contributed by atoms with Crippen molar-refractivity contribution in [3.63, 3.8) is 0 Å². The summed E-state index contributed by atoms with van der Waals surface area (Å²) in [5, 5.41) is 3.13. The largest absolute Gasteiger partial charge is 0.309 e. The van der Waals surface area contributed by atoms with Crippen molar-refractivity contribution in [3.8, 4) is 0 Å². The first-order chi connectivity index (χ1) is 11.7. The van der Waals surface area contributed by atoms with Gasteiger partial charge >= 0.3 is 0 Å². The van der Waals surface area contributed by atoms with Gasteiger partial charge in [-0.15, -0.1) is 0 Å². The fourth-order valence-electron chi connectivity index (χ4n) is 2.97. The van der Waals surface area contributed by atoms with E-state index in [9.17, 15) is 8.42 Å². The second-order valence-corrected chi connectivity index (χ2v) is 8.44. The highest BCUT2D eigenvalue weighted by atomic mass is 32.2. The molecular weight excluding hydrogens is 340 g/mol. The average Bonchev–Trinajstić information content (AvgIpc) is 2.95. The van der Waals surface area contributed by atoms with Crippen molar-refractivity contribution in [2.24, 2.45) is 0 Å². The van der Waals surface area contributed by atoms with E-state index in [0.717, 1.165) is 23.5 Å². The van der Waals surface area contributed by atoms with Crippen LogP contribution in [0.5, 0.6) is 0 Å². The Hall–Kier alpha value is -2.13. The molecule has 1 aliphatic rings. The van der Waals surface area contributed by atoms with E-state index in [1.165, 1.54) is 10.6 Å². The SMILES string of the molecule is Cc1cc(C)nc(Nc2cc(C)nc([C@H]3CCN(S(C)(=O)=O)C3)n2)n1. The van der Waals surface area contributed by atoms with Gasteiger partial charge in [-0.2, -0.15) is 0 Å². The van der Waals surface area contributed by atoms with Gasteiger partial charge in [-0.3, -0.25) is 0 Å². The van der Waals surface area contributed by atoms with Gasteiger partial charge < -0.3 is 5.32 Å². The molecule has 25 heavy (non-hydrogen) atoms. The Labute approximate surface area is 147 Å². The highest BCUT2D eigenvalue weighted by molar-refractivity contribution is 7.88. The number of nitrogens with one attached hydrogen (secondary N) is 1. The lowest BCUT2D eigenvalue weighted by atomic mass is 10.1. The molecule has 1 N–H and O–H groups in total. The van der Waals surface area contributed by atoms with E-state index in [1.54, 1.807) is 0 Å². The Morgan fingerprint density at radius 2 is 1.68 bits per heavy atom. The summed E-state index contributed by atoms with van der Waals surface area (Å²) in [4.78, 5) is 17.8. The Morgan fingerprint density at radius 1 is 1.04 bits per heavy atom. The molecule has 9 heteroatoms. The van der Waals surface area contributed by atoms with Gasteiger partial charge in [0.2, 0.25) is 16.0 Å². The number of sulfonamides is 1. The van der Waals surface area contributed by atoms with Crippen LogP contribution in [0.15, 0.2) is 12.1 Å². The molecule has 0 aliphatic carbocycles. The standard InChI is InChI=1S/C16H22N6O2S/c1-10-7-11(2)19-16(18-10)21-14-8-12(3)17-15(20-14)13-5-6-22(9-13)25(4,23)24/h7-8,13H,5-6,9H2,1-4H3,(H,17,18,19,20,21)/t13-/m0/s1. The van der Waals surface area contributed by atoms with Crippen molar-refractivity contribution in [1.82, 2.24) is 24.2 Å². The van der Waals surface area contributed by atoms with Crippen molar-refractivity contribution in [2.45, 2.75) is 33.1 Å². The lowest BCUT2D eigenvalue weighted by molar-refractivity contribution is 0.476. The molecule has 0 radical (unpaired) electrons. The van der Waals surface area contributed by atoms with Crippen molar-refractivity contribution in [1.29, 1.82) is 0 Å². The van der Waals surface area contributed by atoms with Crippen LogP contribution in [0.3, 0.4) is 0 Å². The lowest BCUT2D eigenvalue weighted by Gasteiger charge is -2.14. The van der Waals surface area contributed by atoms with Crippen LogP contribution in [-0.2, 0) is 10.0 Å². The zero-order chi connectivity index (χ0) is 18.2. The van der Waals surface area contributed by atoms with Gasteiger partial charge in [0.05, 0.1) is 6.26 Å². The molecule has 134 valence electrons. The average molecular weight is 362 g/mol. The predicted molar refractivity (Wildman–Crippen MR) is 95.3 cm³/mol. The summed E-state index contributed by atoms with van der Waals surface area (Å²) in [6.07, 6.45) is 1.95. The van der Waals surface area contributed by atoms with Crippen LogP contribution < -0.4 is 5.32 Å². The summed E-state index contributed by atoms with van der Waals surface area (Å²) in [5.74, 6) is 1.75. The highest BCUT2D eigenvalue weighted by Gasteiger charge is 2.31. The van der Waals surface area contributed by atoms with Crippen molar-refractivity contribution in [3.05, 3.63) is 35.0 Å². The molecule has 1 fully saturated rings. The topological polar surface area (TPSA) is 101 Å². The van der Waals surface area contributed by atoms with Crippen LogP contribution in [0.2, 0.25) is 0 Å². The first kappa shape index (κ1) is 17.7. The second-order valence-electron chi connectivity index (χ2n) is 6.46. The Kier molecular flexibility index (Phi) is 4.70. The molecule has 3 heterocycles. The molecule has 8 nitrogen and oxygen atoms in total. The van der Waals surface area contributed by atoms with Crippen LogP contribution in [-0.4, -0.2) is 52.0 Å². The minimum absolute atomic E-state index is 0.00432. The third-order valence-corrected chi connectivity index (χ3v) is 5.35. The van der Waals surface area contributed by atoms with Gasteiger partial charge in [0.25, 0.3) is 0 Å². The number of rotatable bonds is 4. The second kappa shape index (κ2) is 6.64. The third-order valence-electron chi connectivity index (χ3n) is 4.08. The first-order valence-electron chi connectivity index (χ1n) is 8.11. The van der Waals surface area contributed by atoms with Crippen molar-refractivity contribution >= 4 is 21.8 Å². The Balaban J connectivity index is 1.84. The summed E-state index contributed by atoms with van der Waals surface area (Å²) in [5.41, 5.74) is 2.57. The number of aromatic nitrogens is 4. The number of hydrogen-bond acceptors (Lipinski definition) is 7. The maximum atomic E-state index is 11.7. The van der Waals surface area contributed by atoms with Crippen molar-refractivity contribution < 1.29 is 8.42 Å². The molecule has 0 unspecified atom stereocenters. The molecule has 3 rings (SSSR count). The van der Waals surface area contributed by atoms with Crippen LogP contribution in [0.25, 0.3) is 0 Å². The summed E-state index contributed by atoms with van der Waals surface area (Å²) in [6.45, 7) is 6.64. The lowest BCUT2D eigenvalue weighted by Crippen LogP contribution is -2.27. The fraction of sp³-hybridized carbons (Fsp3) is 0.500.